The van der Waals surface area contributed by atoms with Gasteiger partial charge in [0.15, 0.2) is 5.12 Å². The molecule has 1 unspecified atom stereocenters. The first-order valence-corrected chi connectivity index (χ1v) is 7.51. The van der Waals surface area contributed by atoms with Crippen LogP contribution < -0.4 is 5.69 Å². The smallest absolute Gasteiger partial charge is 0.333 e. The van der Waals surface area contributed by atoms with E-state index in [9.17, 15) is 19.6 Å². The minimum Gasteiger partial charge on any atom is -0.493 e. The highest BCUT2D eigenvalue weighted by atomic mass is 32.2. The highest BCUT2D eigenvalue weighted by Crippen LogP contribution is 2.24. The van der Waals surface area contributed by atoms with Crippen molar-refractivity contribution in [2.75, 3.05) is 0 Å². The number of nitroso groups, excluding NO2 is 1. The average Bonchev–Trinajstić information content (AvgIpc) is 2.79. The van der Waals surface area contributed by atoms with Crippen molar-refractivity contribution in [3.63, 3.8) is 0 Å². The standard InChI is InChI=1S/C14H15N3O4S/c1-8(16-21)10-3-5-11(6-4-10)17-13(19)12(15-14(17)20)7-22-9(2)18/h3-6,8,19H,7H2,1-2H3,(H,15,20). The molecule has 7 nitrogen and oxygen atoms in total. The number of nitrogens with zero attached hydrogens (tertiary/aromatic N) is 2. The second-order valence-electron chi connectivity index (χ2n) is 4.72. The molecule has 0 saturated carbocycles. The van der Waals surface area contributed by atoms with E-state index >= 15 is 0 Å². The van der Waals surface area contributed by atoms with Crippen LogP contribution in [-0.2, 0) is 10.5 Å². The summed E-state index contributed by atoms with van der Waals surface area (Å²) in [7, 11) is 0. The number of thioether (sulfide) groups is 1. The molecule has 1 aromatic carbocycles. The van der Waals surface area contributed by atoms with E-state index in [4.69, 9.17) is 0 Å². The number of nitrogens with one attached hydrogen (secondary N) is 1. The number of imidazole rings is 1. The lowest BCUT2D eigenvalue weighted by molar-refractivity contribution is -0.109. The second kappa shape index (κ2) is 6.61. The van der Waals surface area contributed by atoms with Crippen molar-refractivity contribution in [1.82, 2.24) is 9.55 Å². The Hall–Kier alpha value is -2.35. The van der Waals surface area contributed by atoms with Crippen molar-refractivity contribution in [2.45, 2.75) is 25.6 Å². The van der Waals surface area contributed by atoms with Crippen LogP contribution in [0.25, 0.3) is 5.69 Å². The first-order valence-electron chi connectivity index (χ1n) is 6.53. The molecule has 8 heteroatoms. The van der Waals surface area contributed by atoms with E-state index in [0.29, 0.717) is 11.3 Å². The molecule has 22 heavy (non-hydrogen) atoms. The molecule has 0 bridgehead atoms. The number of hydrogen-bond donors (Lipinski definition) is 2. The van der Waals surface area contributed by atoms with Crippen molar-refractivity contribution < 1.29 is 9.90 Å². The van der Waals surface area contributed by atoms with Crippen LogP contribution in [0.15, 0.2) is 34.2 Å². The number of carbonyl (C=O) groups is 1. The molecule has 1 heterocycles. The van der Waals surface area contributed by atoms with E-state index in [0.717, 1.165) is 16.3 Å². The van der Waals surface area contributed by atoms with Gasteiger partial charge in [-0.15, -0.1) is 0 Å². The maximum absolute atomic E-state index is 12.0. The van der Waals surface area contributed by atoms with Gasteiger partial charge in [-0.25, -0.2) is 9.36 Å². The first kappa shape index (κ1) is 16.0. The molecule has 2 aromatic rings. The SMILES string of the molecule is CC(=O)SCc1[nH]c(=O)n(-c2ccc(C(C)N=O)cc2)c1O. The maximum Gasteiger partial charge on any atom is 0.333 e. The van der Waals surface area contributed by atoms with Crippen molar-refractivity contribution in [3.05, 3.63) is 50.9 Å². The van der Waals surface area contributed by atoms with Crippen molar-refractivity contribution in [3.8, 4) is 11.6 Å². The Morgan fingerprint density at radius 3 is 2.59 bits per heavy atom. The molecule has 0 aliphatic carbocycles. The van der Waals surface area contributed by atoms with Crippen LogP contribution in [0.4, 0.5) is 0 Å². The van der Waals surface area contributed by atoms with Gasteiger partial charge in [0.05, 0.1) is 11.4 Å². The van der Waals surface area contributed by atoms with E-state index in [-0.39, 0.29) is 22.4 Å². The number of aromatic amines is 1. The normalized spacial score (nSPS) is 12.1. The van der Waals surface area contributed by atoms with Gasteiger partial charge in [0.2, 0.25) is 5.88 Å². The van der Waals surface area contributed by atoms with E-state index in [1.165, 1.54) is 6.92 Å². The molecular weight excluding hydrogens is 306 g/mol. The van der Waals surface area contributed by atoms with E-state index in [1.807, 2.05) is 0 Å². The molecule has 0 radical (unpaired) electrons. The highest BCUT2D eigenvalue weighted by Gasteiger charge is 2.15. The van der Waals surface area contributed by atoms with Gasteiger partial charge in [-0.1, -0.05) is 29.1 Å². The van der Waals surface area contributed by atoms with E-state index in [1.54, 1.807) is 31.2 Å². The fourth-order valence-corrected chi connectivity index (χ4v) is 2.50. The fraction of sp³-hybridized carbons (Fsp3) is 0.286. The first-order chi connectivity index (χ1) is 10.4. The van der Waals surface area contributed by atoms with Crippen molar-refractivity contribution in [1.29, 1.82) is 0 Å². The number of rotatable bonds is 5. The zero-order valence-corrected chi connectivity index (χ0v) is 12.9. The average molecular weight is 321 g/mol. The predicted molar refractivity (Wildman–Crippen MR) is 84.2 cm³/mol. The Bertz CT molecular complexity index is 748. The van der Waals surface area contributed by atoms with Crippen LogP contribution in [0.3, 0.4) is 0 Å². The van der Waals surface area contributed by atoms with Crippen molar-refractivity contribution >= 4 is 16.9 Å². The second-order valence-corrected chi connectivity index (χ2v) is 5.87. The lowest BCUT2D eigenvalue weighted by Crippen LogP contribution is -2.14. The number of H-pyrrole nitrogens is 1. The van der Waals surface area contributed by atoms with Crippen LogP contribution in [0.5, 0.6) is 5.88 Å². The van der Waals surface area contributed by atoms with Gasteiger partial charge < -0.3 is 10.1 Å². The molecule has 0 saturated heterocycles. The number of hydrogen-bond acceptors (Lipinski definition) is 6. The summed E-state index contributed by atoms with van der Waals surface area (Å²) in [5, 5.41) is 13.0. The van der Waals surface area contributed by atoms with Crippen LogP contribution in [0.1, 0.15) is 31.1 Å². The lowest BCUT2D eigenvalue weighted by atomic mass is 10.1. The molecule has 1 atom stereocenters. The van der Waals surface area contributed by atoms with E-state index < -0.39 is 11.7 Å². The molecule has 0 aliphatic rings. The van der Waals surface area contributed by atoms with Gasteiger partial charge in [-0.2, -0.15) is 4.91 Å². The monoisotopic (exact) mass is 321 g/mol. The molecular formula is C14H15N3O4S. The Morgan fingerprint density at radius 2 is 2.05 bits per heavy atom. The molecule has 0 amide bonds. The third kappa shape index (κ3) is 3.28. The van der Waals surface area contributed by atoms with Gasteiger partial charge in [0, 0.05) is 12.7 Å². The Labute approximate surface area is 130 Å². The number of aromatic hydroxyl groups is 1. The highest BCUT2D eigenvalue weighted by molar-refractivity contribution is 8.12. The fourth-order valence-electron chi connectivity index (χ4n) is 1.95. The van der Waals surface area contributed by atoms with E-state index in [2.05, 4.69) is 10.2 Å². The molecule has 0 fully saturated rings. The van der Waals surface area contributed by atoms with Gasteiger partial charge in [-0.05, 0) is 24.6 Å². The summed E-state index contributed by atoms with van der Waals surface area (Å²) in [5.74, 6) is -0.0406. The Balaban J connectivity index is 2.34. The quantitative estimate of drug-likeness (QED) is 0.823. The van der Waals surface area contributed by atoms with Gasteiger partial charge in [0.25, 0.3) is 0 Å². The maximum atomic E-state index is 12.0. The molecule has 1 aromatic heterocycles. The summed E-state index contributed by atoms with van der Waals surface area (Å²) in [5.41, 5.74) is 0.969. The summed E-state index contributed by atoms with van der Waals surface area (Å²) >= 11 is 0.996. The zero-order chi connectivity index (χ0) is 16.3. The summed E-state index contributed by atoms with van der Waals surface area (Å²) in [6, 6.07) is 6.10. The topological polar surface area (TPSA) is 105 Å². The zero-order valence-electron chi connectivity index (χ0n) is 12.1. The predicted octanol–water partition coefficient (Wildman–Crippen LogP) is 2.48. The Morgan fingerprint density at radius 1 is 1.41 bits per heavy atom. The third-order valence-electron chi connectivity index (χ3n) is 3.15. The summed E-state index contributed by atoms with van der Waals surface area (Å²) in [6.07, 6.45) is 0. The van der Waals surface area contributed by atoms with Crippen LogP contribution >= 0.6 is 11.8 Å². The minimum absolute atomic E-state index is 0.104. The molecule has 2 rings (SSSR count). The summed E-state index contributed by atoms with van der Waals surface area (Å²) in [4.78, 5) is 36.0. The molecule has 0 spiro atoms. The number of benzene rings is 1. The van der Waals surface area contributed by atoms with Crippen LogP contribution in [0.2, 0.25) is 0 Å². The van der Waals surface area contributed by atoms with Gasteiger partial charge in [0.1, 0.15) is 6.04 Å². The third-order valence-corrected chi connectivity index (χ3v) is 3.99. The Kier molecular flexibility index (Phi) is 4.81. The number of carbonyl (C=O) groups excluding carboxylic acids is 1. The number of aromatic nitrogens is 2. The van der Waals surface area contributed by atoms with Gasteiger partial charge in [-0.3, -0.25) is 4.79 Å². The van der Waals surface area contributed by atoms with Crippen LogP contribution in [0, 0.1) is 4.91 Å². The minimum atomic E-state index is -0.494. The molecule has 2 N–H and O–H groups in total. The van der Waals surface area contributed by atoms with Gasteiger partial charge >= 0.3 is 5.69 Å². The molecule has 0 aliphatic heterocycles. The lowest BCUT2D eigenvalue weighted by Gasteiger charge is -2.06. The largest absolute Gasteiger partial charge is 0.493 e. The van der Waals surface area contributed by atoms with Crippen molar-refractivity contribution in [2.24, 2.45) is 5.18 Å². The molecule has 116 valence electrons. The summed E-state index contributed by atoms with van der Waals surface area (Å²) in [6.45, 7) is 3.08. The van der Waals surface area contributed by atoms with Crippen LogP contribution in [-0.4, -0.2) is 19.8 Å². The summed E-state index contributed by atoms with van der Waals surface area (Å²) < 4.78 is 1.11.